The first-order valence-corrected chi connectivity index (χ1v) is 7.52. The van der Waals surface area contributed by atoms with Crippen LogP contribution in [0.4, 0.5) is 0 Å². The molecule has 0 N–H and O–H groups in total. The maximum Gasteiger partial charge on any atom is 0.161 e. The van der Waals surface area contributed by atoms with E-state index in [1.807, 2.05) is 24.5 Å². The number of aryl methyl sites for hydroxylation is 2. The number of nitrogens with zero attached hydrogens (tertiary/aromatic N) is 3. The van der Waals surface area contributed by atoms with E-state index in [0.717, 1.165) is 47.0 Å². The molecule has 0 aliphatic carbocycles. The van der Waals surface area contributed by atoms with Crippen molar-refractivity contribution in [2.75, 3.05) is 14.2 Å². The van der Waals surface area contributed by atoms with E-state index >= 15 is 0 Å². The summed E-state index contributed by atoms with van der Waals surface area (Å²) in [6.45, 7) is 0.913. The molecule has 2 aromatic heterocycles. The van der Waals surface area contributed by atoms with Crippen molar-refractivity contribution in [3.05, 3.63) is 48.5 Å². The van der Waals surface area contributed by atoms with Crippen LogP contribution in [0.5, 0.6) is 11.5 Å². The molecule has 0 spiro atoms. The summed E-state index contributed by atoms with van der Waals surface area (Å²) in [5.41, 5.74) is 5.57. The Morgan fingerprint density at radius 2 is 1.78 bits per heavy atom. The Bertz CT molecular complexity index is 856. The van der Waals surface area contributed by atoms with Crippen molar-refractivity contribution >= 4 is 0 Å². The predicted molar refractivity (Wildman–Crippen MR) is 87.7 cm³/mol. The third-order valence-corrected chi connectivity index (χ3v) is 4.28. The summed E-state index contributed by atoms with van der Waals surface area (Å²) < 4.78 is 13.1. The van der Waals surface area contributed by atoms with E-state index in [-0.39, 0.29) is 0 Å². The molecule has 1 aromatic carbocycles. The van der Waals surface area contributed by atoms with E-state index in [1.165, 1.54) is 5.56 Å². The minimum atomic E-state index is 0.738. The van der Waals surface area contributed by atoms with E-state index in [0.29, 0.717) is 0 Å². The number of hydrogen-bond donors (Lipinski definition) is 0. The van der Waals surface area contributed by atoms with Gasteiger partial charge in [0.05, 0.1) is 31.9 Å². The molecule has 5 nitrogen and oxygen atoms in total. The SMILES string of the molecule is COc1cc2c(cc1OC)-c1c(-c3ccncc3)ncn1CC2. The van der Waals surface area contributed by atoms with Crippen LogP contribution >= 0.6 is 0 Å². The molecule has 0 unspecified atom stereocenters. The second-order valence-corrected chi connectivity index (χ2v) is 5.49. The minimum Gasteiger partial charge on any atom is -0.493 e. The number of hydrogen-bond acceptors (Lipinski definition) is 4. The molecule has 116 valence electrons. The van der Waals surface area contributed by atoms with Crippen molar-refractivity contribution in [3.63, 3.8) is 0 Å². The lowest BCUT2D eigenvalue weighted by atomic mass is 9.95. The fourth-order valence-corrected chi connectivity index (χ4v) is 3.14. The predicted octanol–water partition coefficient (Wildman–Crippen LogP) is 3.19. The van der Waals surface area contributed by atoms with Gasteiger partial charge in [0.25, 0.3) is 0 Å². The molecule has 1 aliphatic heterocycles. The van der Waals surface area contributed by atoms with Crippen molar-refractivity contribution < 1.29 is 9.47 Å². The Morgan fingerprint density at radius 3 is 2.52 bits per heavy atom. The Morgan fingerprint density at radius 1 is 1.04 bits per heavy atom. The Balaban J connectivity index is 1.94. The van der Waals surface area contributed by atoms with E-state index in [2.05, 4.69) is 20.6 Å². The smallest absolute Gasteiger partial charge is 0.161 e. The average molecular weight is 307 g/mol. The Labute approximate surface area is 134 Å². The molecule has 1 aliphatic rings. The van der Waals surface area contributed by atoms with Gasteiger partial charge in [-0.1, -0.05) is 0 Å². The van der Waals surface area contributed by atoms with Crippen molar-refractivity contribution in [1.82, 2.24) is 14.5 Å². The molecule has 3 aromatic rings. The standard InChI is InChI=1S/C18H17N3O2/c1-22-15-9-13-5-8-21-11-20-17(12-3-6-19-7-4-12)18(21)14(13)10-16(15)23-2/h3-4,6-7,9-11H,5,8H2,1-2H3. The number of methoxy groups -OCH3 is 2. The topological polar surface area (TPSA) is 49.2 Å². The molecule has 0 saturated carbocycles. The van der Waals surface area contributed by atoms with Crippen LogP contribution in [0.2, 0.25) is 0 Å². The van der Waals surface area contributed by atoms with Crippen LogP contribution in [0.15, 0.2) is 43.0 Å². The first-order valence-electron chi connectivity index (χ1n) is 7.52. The molecule has 0 fully saturated rings. The third kappa shape index (κ3) is 2.16. The number of fused-ring (bicyclic) bond motifs is 3. The van der Waals surface area contributed by atoms with Gasteiger partial charge in [-0.3, -0.25) is 4.98 Å². The van der Waals surface area contributed by atoms with Crippen molar-refractivity contribution in [3.8, 4) is 34.0 Å². The van der Waals surface area contributed by atoms with Crippen LogP contribution in [0.1, 0.15) is 5.56 Å². The minimum absolute atomic E-state index is 0.738. The van der Waals surface area contributed by atoms with Crippen molar-refractivity contribution in [2.45, 2.75) is 13.0 Å². The van der Waals surface area contributed by atoms with E-state index in [1.54, 1.807) is 26.6 Å². The summed E-state index contributed by atoms with van der Waals surface area (Å²) in [5, 5.41) is 0. The molecular weight excluding hydrogens is 290 g/mol. The van der Waals surface area contributed by atoms with Crippen molar-refractivity contribution in [1.29, 1.82) is 0 Å². The van der Waals surface area contributed by atoms with Gasteiger partial charge in [0.1, 0.15) is 0 Å². The highest BCUT2D eigenvalue weighted by Gasteiger charge is 2.23. The lowest BCUT2D eigenvalue weighted by Crippen LogP contribution is -2.10. The molecule has 0 amide bonds. The maximum absolute atomic E-state index is 5.47. The Kier molecular flexibility index (Phi) is 3.26. The summed E-state index contributed by atoms with van der Waals surface area (Å²) >= 11 is 0. The second-order valence-electron chi connectivity index (χ2n) is 5.49. The lowest BCUT2D eigenvalue weighted by Gasteiger charge is -2.22. The van der Waals surface area contributed by atoms with E-state index < -0.39 is 0 Å². The van der Waals surface area contributed by atoms with Gasteiger partial charge in [-0.2, -0.15) is 0 Å². The highest BCUT2D eigenvalue weighted by molar-refractivity contribution is 5.82. The summed E-state index contributed by atoms with van der Waals surface area (Å²) in [7, 11) is 3.33. The Hall–Kier alpha value is -2.82. The summed E-state index contributed by atoms with van der Waals surface area (Å²) in [6, 6.07) is 8.09. The molecule has 0 atom stereocenters. The fraction of sp³-hybridized carbons (Fsp3) is 0.222. The van der Waals surface area contributed by atoms with Gasteiger partial charge in [-0.05, 0) is 36.2 Å². The lowest BCUT2D eigenvalue weighted by molar-refractivity contribution is 0.354. The van der Waals surface area contributed by atoms with Gasteiger partial charge in [0.2, 0.25) is 0 Å². The van der Waals surface area contributed by atoms with Gasteiger partial charge in [0.15, 0.2) is 11.5 Å². The van der Waals surface area contributed by atoms with Crippen LogP contribution in [0, 0.1) is 0 Å². The normalized spacial score (nSPS) is 12.4. The molecular formula is C18H17N3O2. The highest BCUT2D eigenvalue weighted by Crippen LogP contribution is 2.41. The van der Waals surface area contributed by atoms with E-state index in [9.17, 15) is 0 Å². The van der Waals surface area contributed by atoms with Crippen LogP contribution in [0.3, 0.4) is 0 Å². The molecule has 0 saturated heterocycles. The van der Waals surface area contributed by atoms with Crippen LogP contribution in [-0.2, 0) is 13.0 Å². The van der Waals surface area contributed by atoms with Gasteiger partial charge < -0.3 is 14.0 Å². The summed E-state index contributed by atoms with van der Waals surface area (Å²) in [4.78, 5) is 8.72. The highest BCUT2D eigenvalue weighted by atomic mass is 16.5. The number of aromatic nitrogens is 3. The maximum atomic E-state index is 5.47. The van der Waals surface area contributed by atoms with Crippen LogP contribution in [0.25, 0.3) is 22.5 Å². The summed E-state index contributed by atoms with van der Waals surface area (Å²) in [5.74, 6) is 1.51. The van der Waals surface area contributed by atoms with Crippen LogP contribution in [-0.4, -0.2) is 28.8 Å². The molecule has 3 heterocycles. The van der Waals surface area contributed by atoms with E-state index in [4.69, 9.17) is 9.47 Å². The number of benzene rings is 1. The fourth-order valence-electron chi connectivity index (χ4n) is 3.14. The van der Waals surface area contributed by atoms with Crippen LogP contribution < -0.4 is 9.47 Å². The molecule has 5 heteroatoms. The number of rotatable bonds is 3. The summed E-state index contributed by atoms with van der Waals surface area (Å²) in [6.07, 6.45) is 6.44. The third-order valence-electron chi connectivity index (χ3n) is 4.28. The zero-order valence-corrected chi connectivity index (χ0v) is 13.1. The van der Waals surface area contributed by atoms with Gasteiger partial charge in [-0.15, -0.1) is 0 Å². The molecule has 23 heavy (non-hydrogen) atoms. The molecule has 4 rings (SSSR count). The molecule has 0 bridgehead atoms. The van der Waals surface area contributed by atoms with Gasteiger partial charge in [-0.25, -0.2) is 4.98 Å². The number of ether oxygens (including phenoxy) is 2. The quantitative estimate of drug-likeness (QED) is 0.745. The van der Waals surface area contributed by atoms with Gasteiger partial charge in [0, 0.05) is 30.1 Å². The largest absolute Gasteiger partial charge is 0.493 e. The van der Waals surface area contributed by atoms with Crippen molar-refractivity contribution in [2.24, 2.45) is 0 Å². The second kappa shape index (κ2) is 5.43. The molecule has 0 radical (unpaired) electrons. The number of imidazole rings is 1. The monoisotopic (exact) mass is 307 g/mol. The first-order chi connectivity index (χ1) is 11.3. The zero-order valence-electron chi connectivity index (χ0n) is 13.1. The number of pyridine rings is 1. The van der Waals surface area contributed by atoms with Gasteiger partial charge >= 0.3 is 0 Å². The first kappa shape index (κ1) is 13.8. The zero-order chi connectivity index (χ0) is 15.8. The average Bonchev–Trinajstić information content (AvgIpc) is 3.05.